The van der Waals surface area contributed by atoms with Crippen LogP contribution in [-0.4, -0.2) is 37.7 Å². The molecule has 1 atom stereocenters. The molecule has 0 aliphatic carbocycles. The highest BCUT2D eigenvalue weighted by Crippen LogP contribution is 2.22. The van der Waals surface area contributed by atoms with Gasteiger partial charge in [-0.05, 0) is 79.9 Å². The molecule has 0 spiro atoms. The predicted molar refractivity (Wildman–Crippen MR) is 135 cm³/mol. The lowest BCUT2D eigenvalue weighted by atomic mass is 10.1. The van der Waals surface area contributed by atoms with Crippen LogP contribution in [0.2, 0.25) is 0 Å². The van der Waals surface area contributed by atoms with Gasteiger partial charge in [-0.25, -0.2) is 8.42 Å². The Morgan fingerprint density at radius 2 is 1.74 bits per heavy atom. The van der Waals surface area contributed by atoms with E-state index in [9.17, 15) is 18.0 Å². The smallest absolute Gasteiger partial charge is 0.261 e. The molecule has 8 nitrogen and oxygen atoms in total. The van der Waals surface area contributed by atoms with Gasteiger partial charge in [0.05, 0.1) is 10.9 Å². The molecule has 0 bridgehead atoms. The number of benzene rings is 3. The third-order valence-electron chi connectivity index (χ3n) is 5.94. The van der Waals surface area contributed by atoms with Crippen molar-refractivity contribution in [2.24, 2.45) is 5.73 Å². The van der Waals surface area contributed by atoms with E-state index in [2.05, 4.69) is 10.0 Å². The lowest BCUT2D eigenvalue weighted by Crippen LogP contribution is -2.39. The molecular weight excluding hydrogens is 464 g/mol. The third kappa shape index (κ3) is 6.06. The number of likely N-dealkylation sites (tertiary alicyclic amines) is 1. The zero-order chi connectivity index (χ0) is 25.0. The summed E-state index contributed by atoms with van der Waals surface area (Å²) >= 11 is 0. The zero-order valence-electron chi connectivity index (χ0n) is 19.4. The quantitative estimate of drug-likeness (QED) is 0.444. The molecule has 0 radical (unpaired) electrons. The first-order valence-electron chi connectivity index (χ1n) is 11.3. The van der Waals surface area contributed by atoms with Gasteiger partial charge in [-0.15, -0.1) is 0 Å². The fourth-order valence-corrected chi connectivity index (χ4v) is 5.34. The van der Waals surface area contributed by atoms with Gasteiger partial charge in [-0.3, -0.25) is 19.2 Å². The van der Waals surface area contributed by atoms with E-state index >= 15 is 0 Å². The van der Waals surface area contributed by atoms with Gasteiger partial charge >= 0.3 is 0 Å². The second kappa shape index (κ2) is 10.3. The van der Waals surface area contributed by atoms with Gasteiger partial charge < -0.3 is 11.1 Å². The summed E-state index contributed by atoms with van der Waals surface area (Å²) in [6.07, 6.45) is 1.67. The monoisotopic (exact) mass is 492 g/mol. The van der Waals surface area contributed by atoms with E-state index in [1.165, 1.54) is 18.2 Å². The van der Waals surface area contributed by atoms with Crippen LogP contribution < -0.4 is 15.8 Å². The largest absolute Gasteiger partial charge is 0.368 e. The van der Waals surface area contributed by atoms with Crippen LogP contribution in [0.3, 0.4) is 0 Å². The van der Waals surface area contributed by atoms with Crippen molar-refractivity contribution < 1.29 is 18.0 Å². The molecule has 2 amide bonds. The van der Waals surface area contributed by atoms with Gasteiger partial charge in [0, 0.05) is 23.5 Å². The van der Waals surface area contributed by atoms with Crippen LogP contribution in [0.4, 0.5) is 11.4 Å². The fraction of sp³-hybridized carbons (Fsp3) is 0.231. The Balaban J connectivity index is 1.46. The molecular formula is C26H28N4O4S. The molecule has 3 aromatic carbocycles. The van der Waals surface area contributed by atoms with Crippen molar-refractivity contribution in [1.29, 1.82) is 0 Å². The zero-order valence-corrected chi connectivity index (χ0v) is 20.2. The number of hydrogen-bond donors (Lipinski definition) is 3. The van der Waals surface area contributed by atoms with E-state index in [-0.39, 0.29) is 22.4 Å². The molecule has 0 aromatic heterocycles. The van der Waals surface area contributed by atoms with Gasteiger partial charge in [0.15, 0.2) is 0 Å². The van der Waals surface area contributed by atoms with E-state index in [4.69, 9.17) is 5.73 Å². The number of anilines is 2. The normalized spacial score (nSPS) is 16.1. The van der Waals surface area contributed by atoms with Crippen LogP contribution in [-0.2, 0) is 21.4 Å². The lowest BCUT2D eigenvalue weighted by molar-refractivity contribution is -0.122. The van der Waals surface area contributed by atoms with Crippen molar-refractivity contribution in [2.45, 2.75) is 37.2 Å². The van der Waals surface area contributed by atoms with Gasteiger partial charge in [-0.1, -0.05) is 30.3 Å². The van der Waals surface area contributed by atoms with Gasteiger partial charge in [0.25, 0.3) is 15.9 Å². The van der Waals surface area contributed by atoms with Gasteiger partial charge in [0.2, 0.25) is 5.91 Å². The number of nitrogens with zero attached hydrogens (tertiary/aromatic N) is 1. The number of carbonyl (C=O) groups excluding carboxylic acids is 2. The van der Waals surface area contributed by atoms with Crippen LogP contribution in [0.1, 0.15) is 34.3 Å². The summed E-state index contributed by atoms with van der Waals surface area (Å²) in [5.74, 6) is -0.746. The van der Waals surface area contributed by atoms with E-state index in [1.807, 2.05) is 36.1 Å². The summed E-state index contributed by atoms with van der Waals surface area (Å²) in [6.45, 7) is 3.22. The van der Waals surface area contributed by atoms with E-state index in [1.54, 1.807) is 30.3 Å². The Kier molecular flexibility index (Phi) is 7.18. The van der Waals surface area contributed by atoms with Crippen LogP contribution in [0.5, 0.6) is 0 Å². The number of amides is 2. The third-order valence-corrected chi connectivity index (χ3v) is 7.32. The van der Waals surface area contributed by atoms with Crippen LogP contribution >= 0.6 is 0 Å². The highest BCUT2D eigenvalue weighted by Gasteiger charge is 2.28. The summed E-state index contributed by atoms with van der Waals surface area (Å²) in [7, 11) is -3.86. The average Bonchev–Trinajstić information content (AvgIpc) is 3.27. The minimum Gasteiger partial charge on any atom is -0.368 e. The molecule has 9 heteroatoms. The topological polar surface area (TPSA) is 122 Å². The van der Waals surface area contributed by atoms with Crippen molar-refractivity contribution in [3.8, 4) is 0 Å². The Hall–Kier alpha value is -3.69. The molecule has 182 valence electrons. The molecule has 1 heterocycles. The van der Waals surface area contributed by atoms with Crippen molar-refractivity contribution in [3.05, 3.63) is 89.5 Å². The van der Waals surface area contributed by atoms with Crippen LogP contribution in [0, 0.1) is 6.92 Å². The predicted octanol–water partition coefficient (Wildman–Crippen LogP) is 3.50. The molecule has 1 aliphatic heterocycles. The molecule has 4 rings (SSSR count). The Bertz CT molecular complexity index is 1360. The van der Waals surface area contributed by atoms with E-state index < -0.39 is 15.9 Å². The summed E-state index contributed by atoms with van der Waals surface area (Å²) in [6, 6.07) is 20.0. The SMILES string of the molecule is Cc1cccc(NS(=O)(=O)c2cccc(C(=O)Nc3cccc(CN4CCCC4C(N)=O)c3)c2)c1. The summed E-state index contributed by atoms with van der Waals surface area (Å²) in [5, 5.41) is 2.83. The first kappa shape index (κ1) is 24.4. The fourth-order valence-electron chi connectivity index (χ4n) is 4.25. The minimum atomic E-state index is -3.86. The maximum atomic E-state index is 12.9. The second-order valence-corrected chi connectivity index (χ2v) is 10.4. The van der Waals surface area contributed by atoms with Gasteiger partial charge in [0.1, 0.15) is 0 Å². The molecule has 1 saturated heterocycles. The molecule has 1 aliphatic rings. The number of aryl methyl sites for hydroxylation is 1. The molecule has 0 saturated carbocycles. The Morgan fingerprint density at radius 1 is 1.00 bits per heavy atom. The first-order valence-corrected chi connectivity index (χ1v) is 12.8. The van der Waals surface area contributed by atoms with Crippen molar-refractivity contribution >= 4 is 33.2 Å². The number of primary amides is 1. The summed E-state index contributed by atoms with van der Waals surface area (Å²) < 4.78 is 28.2. The molecule has 1 fully saturated rings. The number of nitrogens with two attached hydrogens (primary N) is 1. The highest BCUT2D eigenvalue weighted by atomic mass is 32.2. The number of rotatable bonds is 8. The van der Waals surface area contributed by atoms with Gasteiger partial charge in [-0.2, -0.15) is 0 Å². The van der Waals surface area contributed by atoms with Crippen molar-refractivity contribution in [2.75, 3.05) is 16.6 Å². The number of sulfonamides is 1. The lowest BCUT2D eigenvalue weighted by Gasteiger charge is -2.22. The first-order chi connectivity index (χ1) is 16.7. The maximum Gasteiger partial charge on any atom is 0.261 e. The van der Waals surface area contributed by atoms with Crippen molar-refractivity contribution in [1.82, 2.24) is 4.90 Å². The molecule has 3 aromatic rings. The minimum absolute atomic E-state index is 0.00747. The Morgan fingerprint density at radius 3 is 2.51 bits per heavy atom. The van der Waals surface area contributed by atoms with Crippen molar-refractivity contribution in [3.63, 3.8) is 0 Å². The molecule has 1 unspecified atom stereocenters. The number of nitrogens with one attached hydrogen (secondary N) is 2. The summed E-state index contributed by atoms with van der Waals surface area (Å²) in [5.41, 5.74) is 8.62. The number of carbonyl (C=O) groups is 2. The van der Waals surface area contributed by atoms with Crippen LogP contribution in [0.25, 0.3) is 0 Å². The summed E-state index contributed by atoms with van der Waals surface area (Å²) in [4.78, 5) is 26.6. The highest BCUT2D eigenvalue weighted by molar-refractivity contribution is 7.92. The van der Waals surface area contributed by atoms with Crippen LogP contribution in [0.15, 0.2) is 77.7 Å². The van der Waals surface area contributed by atoms with E-state index in [0.29, 0.717) is 17.9 Å². The molecule has 35 heavy (non-hydrogen) atoms. The Labute approximate surface area is 205 Å². The second-order valence-electron chi connectivity index (χ2n) is 8.69. The number of hydrogen-bond acceptors (Lipinski definition) is 5. The standard InChI is InChI=1S/C26H28N4O4S/c1-18-6-2-10-22(14-18)29-35(33,34)23-11-4-8-20(16-23)26(32)28-21-9-3-7-19(15-21)17-30-13-5-12-24(30)25(27)31/h2-4,6-11,14-16,24,29H,5,12-13,17H2,1H3,(H2,27,31)(H,28,32). The van der Waals surface area contributed by atoms with E-state index in [0.717, 1.165) is 30.5 Å². The average molecular weight is 493 g/mol. The maximum absolute atomic E-state index is 12.9. The molecule has 4 N–H and O–H groups in total.